The first kappa shape index (κ1) is 17.7. The third-order valence-corrected chi connectivity index (χ3v) is 5.91. The fourth-order valence-corrected chi connectivity index (χ4v) is 3.83. The van der Waals surface area contributed by atoms with Gasteiger partial charge in [0.25, 0.3) is 15.9 Å². The highest BCUT2D eigenvalue weighted by atomic mass is 32.2. The predicted octanol–water partition coefficient (Wildman–Crippen LogP) is 2.17. The lowest BCUT2D eigenvalue weighted by Gasteiger charge is -2.24. The molecule has 0 aliphatic carbocycles. The molecule has 8 heteroatoms. The molecule has 1 aromatic carbocycles. The summed E-state index contributed by atoms with van der Waals surface area (Å²) in [6.45, 7) is 5.17. The van der Waals surface area contributed by atoms with Crippen LogP contribution in [-0.2, 0) is 14.8 Å². The number of carbonyl (C=O) groups is 1. The number of hydrogen-bond donors (Lipinski definition) is 1. The van der Waals surface area contributed by atoms with Crippen LogP contribution in [0.15, 0.2) is 39.8 Å². The summed E-state index contributed by atoms with van der Waals surface area (Å²) in [7, 11) is -3.75. The third-order valence-electron chi connectivity index (χ3n) is 4.13. The fourth-order valence-electron chi connectivity index (χ4n) is 2.51. The van der Waals surface area contributed by atoms with Crippen molar-refractivity contribution >= 4 is 21.6 Å². The van der Waals surface area contributed by atoms with E-state index >= 15 is 0 Å². The molecule has 25 heavy (non-hydrogen) atoms. The van der Waals surface area contributed by atoms with Crippen molar-refractivity contribution in [3.63, 3.8) is 0 Å². The summed E-state index contributed by atoms with van der Waals surface area (Å²) < 4.78 is 36.8. The lowest BCUT2D eigenvalue weighted by Crippen LogP contribution is -2.40. The Morgan fingerprint density at radius 1 is 1.08 bits per heavy atom. The Balaban J connectivity index is 1.76. The first-order valence-electron chi connectivity index (χ1n) is 7.94. The Morgan fingerprint density at radius 2 is 1.80 bits per heavy atom. The van der Waals surface area contributed by atoms with Gasteiger partial charge in [-0.3, -0.25) is 4.79 Å². The molecular weight excluding hydrogens is 344 g/mol. The third kappa shape index (κ3) is 3.76. The molecule has 7 nitrogen and oxygen atoms in total. The Bertz CT molecular complexity index is 882. The minimum Gasteiger partial charge on any atom is -0.438 e. The van der Waals surface area contributed by atoms with Crippen molar-refractivity contribution < 1.29 is 22.4 Å². The Kier molecular flexibility index (Phi) is 4.94. The van der Waals surface area contributed by atoms with Gasteiger partial charge in [0.15, 0.2) is 5.76 Å². The van der Waals surface area contributed by atoms with Crippen LogP contribution in [0.3, 0.4) is 0 Å². The van der Waals surface area contributed by atoms with Crippen LogP contribution in [-0.4, -0.2) is 44.9 Å². The molecule has 1 amide bonds. The molecule has 1 N–H and O–H groups in total. The number of rotatable bonds is 4. The number of sulfonamides is 1. The molecule has 2 aromatic rings. The molecule has 0 unspecified atom stereocenters. The molecule has 3 rings (SSSR count). The van der Waals surface area contributed by atoms with Crippen LogP contribution in [0.5, 0.6) is 0 Å². The zero-order valence-corrected chi connectivity index (χ0v) is 14.9. The van der Waals surface area contributed by atoms with Gasteiger partial charge >= 0.3 is 0 Å². The summed E-state index contributed by atoms with van der Waals surface area (Å²) in [4.78, 5) is 12.3. The van der Waals surface area contributed by atoms with Crippen molar-refractivity contribution in [1.29, 1.82) is 0 Å². The van der Waals surface area contributed by atoms with Crippen LogP contribution in [0.4, 0.5) is 5.69 Å². The normalized spacial score (nSPS) is 15.9. The van der Waals surface area contributed by atoms with E-state index in [0.717, 1.165) is 11.1 Å². The minimum atomic E-state index is -3.75. The van der Waals surface area contributed by atoms with Crippen LogP contribution < -0.4 is 5.32 Å². The molecule has 0 radical (unpaired) electrons. The first-order valence-corrected chi connectivity index (χ1v) is 9.38. The minimum absolute atomic E-state index is 0.0509. The maximum atomic E-state index is 12.5. The molecule has 0 spiro atoms. The van der Waals surface area contributed by atoms with Crippen LogP contribution >= 0.6 is 0 Å². The quantitative estimate of drug-likeness (QED) is 0.898. The number of ether oxygens (including phenoxy) is 1. The monoisotopic (exact) mass is 364 g/mol. The number of hydrogen-bond acceptors (Lipinski definition) is 5. The second-order valence-corrected chi connectivity index (χ2v) is 7.76. The molecule has 0 atom stereocenters. The molecule has 1 fully saturated rings. The van der Waals surface area contributed by atoms with Crippen LogP contribution in [0.1, 0.15) is 21.7 Å². The van der Waals surface area contributed by atoms with E-state index in [0.29, 0.717) is 18.9 Å². The number of nitrogens with zero attached hydrogens (tertiary/aromatic N) is 1. The molecule has 1 saturated heterocycles. The van der Waals surface area contributed by atoms with Crippen molar-refractivity contribution in [3.8, 4) is 0 Å². The van der Waals surface area contributed by atoms with Gasteiger partial charge in [0.2, 0.25) is 5.09 Å². The summed E-state index contributed by atoms with van der Waals surface area (Å²) in [6.07, 6.45) is 0. The summed E-state index contributed by atoms with van der Waals surface area (Å²) in [5.41, 5.74) is 2.80. The largest absolute Gasteiger partial charge is 0.438 e. The van der Waals surface area contributed by atoms with Crippen molar-refractivity contribution in [2.75, 3.05) is 31.6 Å². The standard InChI is InChI=1S/C17H20N2O5S/c1-12-3-4-14(11-13(12)2)18-17(20)15-5-6-16(24-15)25(21,22)19-7-9-23-10-8-19/h3-6,11H,7-10H2,1-2H3,(H,18,20). The number of morpholine rings is 1. The molecule has 1 aliphatic heterocycles. The number of aryl methyl sites for hydroxylation is 2. The molecule has 2 heterocycles. The van der Waals surface area contributed by atoms with Gasteiger partial charge < -0.3 is 14.5 Å². The lowest BCUT2D eigenvalue weighted by atomic mass is 10.1. The SMILES string of the molecule is Cc1ccc(NC(=O)c2ccc(S(=O)(=O)N3CCOCC3)o2)cc1C. The number of anilines is 1. The topological polar surface area (TPSA) is 88.9 Å². The van der Waals surface area contributed by atoms with Crippen LogP contribution in [0.2, 0.25) is 0 Å². The highest BCUT2D eigenvalue weighted by Crippen LogP contribution is 2.21. The molecule has 0 saturated carbocycles. The van der Waals surface area contributed by atoms with Gasteiger partial charge in [0.05, 0.1) is 13.2 Å². The average molecular weight is 364 g/mol. The van der Waals surface area contributed by atoms with E-state index < -0.39 is 15.9 Å². The molecule has 0 bridgehead atoms. The average Bonchev–Trinajstić information content (AvgIpc) is 3.10. The summed E-state index contributed by atoms with van der Waals surface area (Å²) >= 11 is 0. The van der Waals surface area contributed by atoms with Crippen molar-refractivity contribution in [2.45, 2.75) is 18.9 Å². The van der Waals surface area contributed by atoms with Gasteiger partial charge in [0.1, 0.15) is 0 Å². The fraction of sp³-hybridized carbons (Fsp3) is 0.353. The maximum Gasteiger partial charge on any atom is 0.291 e. The van der Waals surface area contributed by atoms with E-state index in [1.807, 2.05) is 26.0 Å². The number of amides is 1. The van der Waals surface area contributed by atoms with E-state index in [1.165, 1.54) is 16.4 Å². The van der Waals surface area contributed by atoms with Crippen molar-refractivity contribution in [3.05, 3.63) is 47.2 Å². The van der Waals surface area contributed by atoms with E-state index in [4.69, 9.17) is 9.15 Å². The predicted molar refractivity (Wildman–Crippen MR) is 92.2 cm³/mol. The highest BCUT2D eigenvalue weighted by molar-refractivity contribution is 7.89. The van der Waals surface area contributed by atoms with E-state index in [-0.39, 0.29) is 23.9 Å². The van der Waals surface area contributed by atoms with Gasteiger partial charge in [-0.25, -0.2) is 8.42 Å². The van der Waals surface area contributed by atoms with E-state index in [9.17, 15) is 13.2 Å². The molecule has 1 aromatic heterocycles. The van der Waals surface area contributed by atoms with Gasteiger partial charge in [-0.15, -0.1) is 0 Å². The molecule has 1 aliphatic rings. The van der Waals surface area contributed by atoms with Gasteiger partial charge in [-0.2, -0.15) is 4.31 Å². The Morgan fingerprint density at radius 3 is 2.48 bits per heavy atom. The second-order valence-electron chi connectivity index (χ2n) is 5.89. The van der Waals surface area contributed by atoms with Crippen molar-refractivity contribution in [2.24, 2.45) is 0 Å². The first-order chi connectivity index (χ1) is 11.9. The van der Waals surface area contributed by atoms with E-state index in [1.54, 1.807) is 6.07 Å². The number of carbonyl (C=O) groups excluding carboxylic acids is 1. The highest BCUT2D eigenvalue weighted by Gasteiger charge is 2.30. The van der Waals surface area contributed by atoms with Crippen molar-refractivity contribution in [1.82, 2.24) is 4.31 Å². The zero-order chi connectivity index (χ0) is 18.0. The van der Waals surface area contributed by atoms with Gasteiger partial charge in [0, 0.05) is 18.8 Å². The Hall–Kier alpha value is -2.16. The summed E-state index contributed by atoms with van der Waals surface area (Å²) in [5.74, 6) is -0.545. The van der Waals surface area contributed by atoms with Gasteiger partial charge in [-0.05, 0) is 49.2 Å². The van der Waals surface area contributed by atoms with Crippen LogP contribution in [0, 0.1) is 13.8 Å². The molecule has 134 valence electrons. The Labute approximate surface area is 146 Å². The lowest BCUT2D eigenvalue weighted by molar-refractivity contribution is 0.0723. The molecular formula is C17H20N2O5S. The smallest absolute Gasteiger partial charge is 0.291 e. The van der Waals surface area contributed by atoms with E-state index in [2.05, 4.69) is 5.32 Å². The number of nitrogens with one attached hydrogen (secondary N) is 1. The maximum absolute atomic E-state index is 12.5. The summed E-state index contributed by atoms with van der Waals surface area (Å²) in [5, 5.41) is 2.47. The second kappa shape index (κ2) is 6.99. The number of furan rings is 1. The van der Waals surface area contributed by atoms with Gasteiger partial charge in [-0.1, -0.05) is 6.07 Å². The summed E-state index contributed by atoms with van der Waals surface area (Å²) in [6, 6.07) is 8.21. The zero-order valence-electron chi connectivity index (χ0n) is 14.1. The van der Waals surface area contributed by atoms with Crippen LogP contribution in [0.25, 0.3) is 0 Å². The number of benzene rings is 1.